The second kappa shape index (κ2) is 10.8. The summed E-state index contributed by atoms with van der Waals surface area (Å²) < 4.78 is 12.9. The van der Waals surface area contributed by atoms with Gasteiger partial charge in [0.25, 0.3) is 5.91 Å². The number of thioether (sulfide) groups is 1. The number of carbonyl (C=O) groups excluding carboxylic acids is 3. The van der Waals surface area contributed by atoms with Crippen LogP contribution in [0.3, 0.4) is 0 Å². The Hall–Kier alpha value is -2.87. The van der Waals surface area contributed by atoms with Gasteiger partial charge in [0.15, 0.2) is 0 Å². The molecule has 6 nitrogen and oxygen atoms in total. The van der Waals surface area contributed by atoms with E-state index in [2.05, 4.69) is 10.6 Å². The highest BCUT2D eigenvalue weighted by Crippen LogP contribution is 2.22. The molecule has 0 bridgehead atoms. The lowest BCUT2D eigenvalue weighted by atomic mass is 10.2. The molecule has 0 spiro atoms. The van der Waals surface area contributed by atoms with Gasteiger partial charge in [0.2, 0.25) is 11.8 Å². The van der Waals surface area contributed by atoms with E-state index < -0.39 is 11.9 Å². The van der Waals surface area contributed by atoms with Gasteiger partial charge in [-0.05, 0) is 49.2 Å². The Morgan fingerprint density at radius 2 is 1.70 bits per heavy atom. The highest BCUT2D eigenvalue weighted by molar-refractivity contribution is 8.00. The van der Waals surface area contributed by atoms with Gasteiger partial charge in [-0.15, -0.1) is 11.8 Å². The van der Waals surface area contributed by atoms with Crippen molar-refractivity contribution in [1.82, 2.24) is 15.5 Å². The number of nitrogens with zero attached hydrogens (tertiary/aromatic N) is 1. The number of benzene rings is 2. The van der Waals surface area contributed by atoms with Gasteiger partial charge in [-0.2, -0.15) is 0 Å². The molecule has 30 heavy (non-hydrogen) atoms. The van der Waals surface area contributed by atoms with Gasteiger partial charge >= 0.3 is 0 Å². The Morgan fingerprint density at radius 3 is 2.43 bits per heavy atom. The molecule has 1 saturated heterocycles. The van der Waals surface area contributed by atoms with Crippen molar-refractivity contribution >= 4 is 29.5 Å². The first-order valence-corrected chi connectivity index (χ1v) is 10.8. The summed E-state index contributed by atoms with van der Waals surface area (Å²) in [5.41, 5.74) is 0.353. The second-order valence-corrected chi connectivity index (χ2v) is 7.95. The Labute approximate surface area is 179 Å². The fraction of sp³-hybridized carbons (Fsp3) is 0.318. The molecule has 0 aliphatic carbocycles. The summed E-state index contributed by atoms with van der Waals surface area (Å²) in [6.45, 7) is 1.07. The highest BCUT2D eigenvalue weighted by atomic mass is 32.2. The summed E-state index contributed by atoms with van der Waals surface area (Å²) in [6.07, 6.45) is 1.43. The molecule has 158 valence electrons. The minimum absolute atomic E-state index is 0.0499. The molecule has 2 aromatic rings. The third-order valence-electron chi connectivity index (χ3n) is 4.80. The molecular formula is C22H24FN3O3S. The van der Waals surface area contributed by atoms with Crippen molar-refractivity contribution in [2.24, 2.45) is 0 Å². The van der Waals surface area contributed by atoms with Crippen molar-refractivity contribution in [2.45, 2.75) is 23.8 Å². The van der Waals surface area contributed by atoms with Crippen LogP contribution in [0.4, 0.5) is 4.39 Å². The lowest BCUT2D eigenvalue weighted by molar-refractivity contribution is -0.136. The number of likely N-dealkylation sites (tertiary alicyclic amines) is 1. The van der Waals surface area contributed by atoms with Crippen molar-refractivity contribution in [1.29, 1.82) is 0 Å². The van der Waals surface area contributed by atoms with Gasteiger partial charge in [0.1, 0.15) is 11.9 Å². The molecule has 1 heterocycles. The van der Waals surface area contributed by atoms with Crippen LogP contribution in [0.2, 0.25) is 0 Å². The second-order valence-electron chi connectivity index (χ2n) is 6.90. The molecule has 0 radical (unpaired) electrons. The van der Waals surface area contributed by atoms with Gasteiger partial charge in [-0.1, -0.05) is 18.2 Å². The van der Waals surface area contributed by atoms with Crippen LogP contribution in [0, 0.1) is 5.82 Å². The van der Waals surface area contributed by atoms with Gasteiger partial charge < -0.3 is 15.5 Å². The number of halogens is 1. The molecule has 2 aromatic carbocycles. The highest BCUT2D eigenvalue weighted by Gasteiger charge is 2.33. The standard InChI is InChI=1S/C22H24FN3O3S/c23-17-10-8-16(9-11-17)21(28)24-12-13-25-22(29)19-7-4-14-26(19)20(27)15-30-18-5-2-1-3-6-18/h1-3,5-6,8-11,19H,4,7,12-15H2,(H,24,28)(H,25,29)/t19-/m1/s1. The number of nitrogens with one attached hydrogen (secondary N) is 2. The molecule has 0 aromatic heterocycles. The molecule has 0 unspecified atom stereocenters. The zero-order chi connectivity index (χ0) is 21.3. The van der Waals surface area contributed by atoms with E-state index in [1.54, 1.807) is 4.90 Å². The van der Waals surface area contributed by atoms with Crippen LogP contribution in [0.5, 0.6) is 0 Å². The third-order valence-corrected chi connectivity index (χ3v) is 5.79. The average Bonchev–Trinajstić information content (AvgIpc) is 3.26. The van der Waals surface area contributed by atoms with Crippen LogP contribution in [0.1, 0.15) is 23.2 Å². The van der Waals surface area contributed by atoms with Gasteiger partial charge in [-0.25, -0.2) is 4.39 Å². The quantitative estimate of drug-likeness (QED) is 0.499. The maximum Gasteiger partial charge on any atom is 0.251 e. The molecule has 3 amide bonds. The maximum atomic E-state index is 12.9. The Kier molecular flexibility index (Phi) is 7.84. The van der Waals surface area contributed by atoms with Crippen molar-refractivity contribution in [2.75, 3.05) is 25.4 Å². The van der Waals surface area contributed by atoms with Crippen LogP contribution in [-0.4, -0.2) is 54.1 Å². The number of amides is 3. The molecule has 1 atom stereocenters. The molecule has 1 aliphatic heterocycles. The lowest BCUT2D eigenvalue weighted by Gasteiger charge is -2.24. The normalized spacial score (nSPS) is 15.6. The summed E-state index contributed by atoms with van der Waals surface area (Å²) in [6, 6.07) is 14.4. The molecule has 3 rings (SSSR count). The van der Waals surface area contributed by atoms with Crippen LogP contribution in [-0.2, 0) is 9.59 Å². The van der Waals surface area contributed by atoms with Crippen LogP contribution < -0.4 is 10.6 Å². The van der Waals surface area contributed by atoms with Crippen LogP contribution >= 0.6 is 11.8 Å². The van der Waals surface area contributed by atoms with Crippen molar-refractivity contribution in [3.05, 3.63) is 66.0 Å². The van der Waals surface area contributed by atoms with Crippen LogP contribution in [0.25, 0.3) is 0 Å². The van der Waals surface area contributed by atoms with Crippen molar-refractivity contribution in [3.8, 4) is 0 Å². The fourth-order valence-corrected chi connectivity index (χ4v) is 4.07. The lowest BCUT2D eigenvalue weighted by Crippen LogP contribution is -2.48. The van der Waals surface area contributed by atoms with E-state index >= 15 is 0 Å². The monoisotopic (exact) mass is 429 g/mol. The number of hydrogen-bond acceptors (Lipinski definition) is 4. The zero-order valence-corrected chi connectivity index (χ0v) is 17.3. The van der Waals surface area contributed by atoms with E-state index in [4.69, 9.17) is 0 Å². The topological polar surface area (TPSA) is 78.5 Å². The average molecular weight is 430 g/mol. The molecule has 1 fully saturated rings. The largest absolute Gasteiger partial charge is 0.353 e. The smallest absolute Gasteiger partial charge is 0.251 e. The van der Waals surface area contributed by atoms with E-state index in [1.165, 1.54) is 36.0 Å². The first-order chi connectivity index (χ1) is 14.5. The Balaban J connectivity index is 1.41. The summed E-state index contributed by atoms with van der Waals surface area (Å²) in [5.74, 6) is -0.703. The van der Waals surface area contributed by atoms with Crippen LogP contribution in [0.15, 0.2) is 59.5 Å². The molecule has 1 aliphatic rings. The maximum absolute atomic E-state index is 12.9. The van der Waals surface area contributed by atoms with E-state index in [0.717, 1.165) is 11.3 Å². The minimum Gasteiger partial charge on any atom is -0.353 e. The molecule has 2 N–H and O–H groups in total. The van der Waals surface area contributed by atoms with E-state index in [-0.39, 0.29) is 30.8 Å². The zero-order valence-electron chi connectivity index (χ0n) is 16.5. The van der Waals surface area contributed by atoms with Gasteiger partial charge in [-0.3, -0.25) is 14.4 Å². The summed E-state index contributed by atoms with van der Waals surface area (Å²) >= 11 is 1.46. The fourth-order valence-electron chi connectivity index (χ4n) is 3.27. The van der Waals surface area contributed by atoms with E-state index in [1.807, 2.05) is 30.3 Å². The summed E-state index contributed by atoms with van der Waals surface area (Å²) in [4.78, 5) is 39.7. The molecule has 8 heteroatoms. The Bertz CT molecular complexity index is 877. The number of rotatable bonds is 8. The number of hydrogen-bond donors (Lipinski definition) is 2. The molecule has 0 saturated carbocycles. The minimum atomic E-state index is -0.471. The van der Waals surface area contributed by atoms with E-state index in [0.29, 0.717) is 24.3 Å². The molecular weight excluding hydrogens is 405 g/mol. The van der Waals surface area contributed by atoms with Crippen molar-refractivity contribution < 1.29 is 18.8 Å². The van der Waals surface area contributed by atoms with Crippen molar-refractivity contribution in [3.63, 3.8) is 0 Å². The van der Waals surface area contributed by atoms with E-state index in [9.17, 15) is 18.8 Å². The third kappa shape index (κ3) is 6.06. The van der Waals surface area contributed by atoms with Gasteiger partial charge in [0.05, 0.1) is 5.75 Å². The predicted molar refractivity (Wildman–Crippen MR) is 114 cm³/mol. The summed E-state index contributed by atoms with van der Waals surface area (Å²) in [5, 5.41) is 5.46. The SMILES string of the molecule is O=C(NCCNC(=O)[C@H]1CCCN1C(=O)CSc1ccccc1)c1ccc(F)cc1. The first kappa shape index (κ1) is 21.8. The predicted octanol–water partition coefficient (Wildman–Crippen LogP) is 2.46. The van der Waals surface area contributed by atoms with Gasteiger partial charge in [0, 0.05) is 30.1 Å². The first-order valence-electron chi connectivity index (χ1n) is 9.83. The Morgan fingerprint density at radius 1 is 1.00 bits per heavy atom. The summed E-state index contributed by atoms with van der Waals surface area (Å²) in [7, 11) is 0. The number of carbonyl (C=O) groups is 3.